The fourth-order valence-corrected chi connectivity index (χ4v) is 4.57. The zero-order chi connectivity index (χ0) is 14.8. The number of benzene rings is 1. The molecule has 3 N–H and O–H groups in total. The largest absolute Gasteiger partial charge is 0.326 e. The van der Waals surface area contributed by atoms with E-state index >= 15 is 0 Å². The fraction of sp³-hybridized carbons (Fsp3) is 0.538. The molecule has 0 heterocycles. The lowest BCUT2D eigenvalue weighted by Crippen LogP contribution is -2.36. The minimum Gasteiger partial charge on any atom is -0.326 e. The van der Waals surface area contributed by atoms with E-state index in [1.807, 2.05) is 0 Å². The molecule has 2 rings (SSSR count). The first-order chi connectivity index (χ1) is 9.44. The summed E-state index contributed by atoms with van der Waals surface area (Å²) in [7, 11) is -3.86. The van der Waals surface area contributed by atoms with E-state index in [2.05, 4.69) is 20.7 Å². The second-order valence-corrected chi connectivity index (χ2v) is 7.64. The van der Waals surface area contributed by atoms with E-state index in [0.29, 0.717) is 4.47 Å². The molecule has 1 aliphatic carbocycles. The lowest BCUT2D eigenvalue weighted by atomic mass is 9.96. The Labute approximate surface area is 127 Å². The van der Waals surface area contributed by atoms with E-state index in [-0.39, 0.29) is 23.0 Å². The summed E-state index contributed by atoms with van der Waals surface area (Å²) in [5.41, 5.74) is 5.62. The predicted octanol–water partition coefficient (Wildman–Crippen LogP) is 2.66. The monoisotopic (exact) mass is 364 g/mol. The zero-order valence-corrected chi connectivity index (χ0v) is 13.4. The quantitative estimate of drug-likeness (QED) is 0.862. The van der Waals surface area contributed by atoms with Gasteiger partial charge in [0.2, 0.25) is 10.0 Å². The van der Waals surface area contributed by atoms with E-state index < -0.39 is 15.8 Å². The molecule has 0 unspecified atom stereocenters. The van der Waals surface area contributed by atoms with Crippen molar-refractivity contribution in [3.63, 3.8) is 0 Å². The average molecular weight is 365 g/mol. The van der Waals surface area contributed by atoms with Gasteiger partial charge >= 0.3 is 0 Å². The standard InChI is InChI=1S/C13H18BrFN2O2S/c14-10-6-9(8-16)13(15)12(7-10)20(18,19)17-11-4-2-1-3-5-11/h6-7,11,17H,1-5,8,16H2. The molecule has 0 aliphatic heterocycles. The number of rotatable bonds is 4. The van der Waals surface area contributed by atoms with Gasteiger partial charge in [0, 0.05) is 22.6 Å². The number of halogens is 2. The first-order valence-corrected chi connectivity index (χ1v) is 8.92. The van der Waals surface area contributed by atoms with Crippen LogP contribution in [0, 0.1) is 5.82 Å². The van der Waals surface area contributed by atoms with Crippen LogP contribution in [0.25, 0.3) is 0 Å². The molecule has 1 saturated carbocycles. The summed E-state index contributed by atoms with van der Waals surface area (Å²) in [5, 5.41) is 0. The number of hydrogen-bond acceptors (Lipinski definition) is 3. The van der Waals surface area contributed by atoms with Crippen molar-refractivity contribution in [3.8, 4) is 0 Å². The molecule has 1 aliphatic rings. The van der Waals surface area contributed by atoms with Gasteiger partial charge in [-0.1, -0.05) is 35.2 Å². The fourth-order valence-electron chi connectivity index (χ4n) is 2.47. The van der Waals surface area contributed by atoms with E-state index in [0.717, 1.165) is 32.1 Å². The van der Waals surface area contributed by atoms with Crippen LogP contribution in [0.15, 0.2) is 21.5 Å². The van der Waals surface area contributed by atoms with E-state index in [1.54, 1.807) is 0 Å². The summed E-state index contributed by atoms with van der Waals surface area (Å²) >= 11 is 3.19. The van der Waals surface area contributed by atoms with Crippen molar-refractivity contribution in [2.75, 3.05) is 0 Å². The highest BCUT2D eigenvalue weighted by atomic mass is 79.9. The van der Waals surface area contributed by atoms with Gasteiger partial charge in [-0.2, -0.15) is 0 Å². The molecule has 7 heteroatoms. The predicted molar refractivity (Wildman–Crippen MR) is 79.2 cm³/mol. The Bertz CT molecular complexity index is 586. The van der Waals surface area contributed by atoms with E-state index in [1.165, 1.54) is 12.1 Å². The maximum absolute atomic E-state index is 14.2. The summed E-state index contributed by atoms with van der Waals surface area (Å²) in [6.07, 6.45) is 4.74. The van der Waals surface area contributed by atoms with Gasteiger partial charge in [0.05, 0.1) is 0 Å². The number of hydrogen-bond donors (Lipinski definition) is 2. The maximum atomic E-state index is 14.2. The third-order valence-electron chi connectivity index (χ3n) is 3.52. The van der Waals surface area contributed by atoms with Gasteiger partial charge in [-0.3, -0.25) is 0 Å². The number of nitrogens with one attached hydrogen (secondary N) is 1. The van der Waals surface area contributed by atoms with Gasteiger partial charge in [-0.05, 0) is 25.0 Å². The molecule has 4 nitrogen and oxygen atoms in total. The van der Waals surface area contributed by atoms with Crippen LogP contribution in [0.4, 0.5) is 4.39 Å². The van der Waals surface area contributed by atoms with Crippen LogP contribution >= 0.6 is 15.9 Å². The van der Waals surface area contributed by atoms with Crippen LogP contribution in [-0.4, -0.2) is 14.5 Å². The Morgan fingerprint density at radius 1 is 1.30 bits per heavy atom. The van der Waals surface area contributed by atoms with Gasteiger partial charge in [0.1, 0.15) is 10.7 Å². The Hall–Kier alpha value is -0.500. The highest BCUT2D eigenvalue weighted by Crippen LogP contribution is 2.25. The first-order valence-electron chi connectivity index (χ1n) is 6.64. The molecule has 112 valence electrons. The summed E-state index contributed by atoms with van der Waals surface area (Å²) in [4.78, 5) is -0.335. The Morgan fingerprint density at radius 3 is 2.55 bits per heavy atom. The van der Waals surface area contributed by atoms with Crippen molar-refractivity contribution in [1.29, 1.82) is 0 Å². The average Bonchev–Trinajstić information content (AvgIpc) is 2.41. The van der Waals surface area contributed by atoms with Crippen LogP contribution in [-0.2, 0) is 16.6 Å². The number of sulfonamides is 1. The number of nitrogens with two attached hydrogens (primary N) is 1. The van der Waals surface area contributed by atoms with Crippen molar-refractivity contribution in [3.05, 3.63) is 28.0 Å². The molecule has 0 saturated heterocycles. The third kappa shape index (κ3) is 3.58. The summed E-state index contributed by atoms with van der Waals surface area (Å²) < 4.78 is 41.9. The summed E-state index contributed by atoms with van der Waals surface area (Å²) in [5.74, 6) is -0.765. The molecule has 0 bridgehead atoms. The van der Waals surface area contributed by atoms with Crippen LogP contribution in [0.5, 0.6) is 0 Å². The second kappa shape index (κ2) is 6.51. The highest BCUT2D eigenvalue weighted by molar-refractivity contribution is 9.10. The lowest BCUT2D eigenvalue weighted by Gasteiger charge is -2.23. The minimum absolute atomic E-state index is 0.0444. The van der Waals surface area contributed by atoms with Crippen molar-refractivity contribution >= 4 is 26.0 Å². The Morgan fingerprint density at radius 2 is 1.95 bits per heavy atom. The summed E-state index contributed by atoms with van der Waals surface area (Å²) in [6, 6.07) is 2.67. The molecule has 0 aromatic heterocycles. The molecule has 0 atom stereocenters. The molecule has 0 amide bonds. The smallest absolute Gasteiger partial charge is 0.243 e. The molecular formula is C13H18BrFN2O2S. The molecule has 0 spiro atoms. The van der Waals surface area contributed by atoms with Crippen molar-refractivity contribution in [2.24, 2.45) is 5.73 Å². The van der Waals surface area contributed by atoms with Crippen LogP contribution in [0.2, 0.25) is 0 Å². The lowest BCUT2D eigenvalue weighted by molar-refractivity contribution is 0.411. The molecule has 1 aromatic carbocycles. The normalized spacial score (nSPS) is 17.4. The molecular weight excluding hydrogens is 347 g/mol. The highest BCUT2D eigenvalue weighted by Gasteiger charge is 2.26. The van der Waals surface area contributed by atoms with Crippen LogP contribution < -0.4 is 10.5 Å². The topological polar surface area (TPSA) is 72.2 Å². The van der Waals surface area contributed by atoms with Crippen LogP contribution in [0.1, 0.15) is 37.7 Å². The van der Waals surface area contributed by atoms with Crippen molar-refractivity contribution < 1.29 is 12.8 Å². The van der Waals surface area contributed by atoms with Crippen LogP contribution in [0.3, 0.4) is 0 Å². The SMILES string of the molecule is NCc1cc(Br)cc(S(=O)(=O)NC2CCCCC2)c1F. The molecule has 1 aromatic rings. The Kier molecular flexibility index (Phi) is 5.17. The van der Waals surface area contributed by atoms with Gasteiger partial charge in [0.25, 0.3) is 0 Å². The second-order valence-electron chi connectivity index (χ2n) is 5.04. The minimum atomic E-state index is -3.86. The van der Waals surface area contributed by atoms with Crippen molar-refractivity contribution in [2.45, 2.75) is 49.6 Å². The third-order valence-corrected chi connectivity index (χ3v) is 5.49. The van der Waals surface area contributed by atoms with Gasteiger partial charge in [-0.25, -0.2) is 17.5 Å². The molecule has 20 heavy (non-hydrogen) atoms. The first kappa shape index (κ1) is 15.9. The molecule has 1 fully saturated rings. The van der Waals surface area contributed by atoms with Gasteiger partial charge < -0.3 is 5.73 Å². The summed E-state index contributed by atoms with van der Waals surface area (Å²) in [6.45, 7) is -0.0444. The molecule has 0 radical (unpaired) electrons. The van der Waals surface area contributed by atoms with E-state index in [4.69, 9.17) is 5.73 Å². The zero-order valence-electron chi connectivity index (χ0n) is 11.0. The van der Waals surface area contributed by atoms with Gasteiger partial charge in [-0.15, -0.1) is 0 Å². The van der Waals surface area contributed by atoms with E-state index in [9.17, 15) is 12.8 Å². The van der Waals surface area contributed by atoms with Crippen molar-refractivity contribution in [1.82, 2.24) is 4.72 Å². The maximum Gasteiger partial charge on any atom is 0.243 e. The van der Waals surface area contributed by atoms with Gasteiger partial charge in [0.15, 0.2) is 0 Å². The Balaban J connectivity index is 2.31.